The highest BCUT2D eigenvalue weighted by atomic mass is 32.1. The summed E-state index contributed by atoms with van der Waals surface area (Å²) < 4.78 is 47.4. The Morgan fingerprint density at radius 1 is 0.584 bits per heavy atom. The summed E-state index contributed by atoms with van der Waals surface area (Å²) in [6.45, 7) is 49.2. The van der Waals surface area contributed by atoms with Gasteiger partial charge in [0.2, 0.25) is 0 Å². The van der Waals surface area contributed by atoms with E-state index in [4.69, 9.17) is 31.9 Å². The van der Waals surface area contributed by atoms with E-state index >= 15 is 4.79 Å². The molecule has 2 aromatic heterocycles. The molecule has 2 saturated heterocycles. The zero-order valence-electron chi connectivity index (χ0n) is 72.8. The average Bonchev–Trinajstić information content (AvgIpc) is 1.68. The number of benzene rings is 1. The SMILES string of the molecule is CC[Si](CC)(CC)O[C@@H]1[C@@H](C)CCC[C@@H](O)[C@@H](N=[N+]=[N-])CC(/C(C)=C/c2csc(C)n2)OC(=O)C[C@H](O[Si](CC)(CC)CC)C(C)(C)C(=O)[C@@H]1C.CC[Si](CC)(CC)O[C@@H]1[C@@H](C)CCC[C@H](OC(=O)c2ccc([N+](=O)[O-])cc2)[C@@H](N=[N+]=[N-])CC(/C(C)=C/c2csc(C)n2)OC(=O)C[C@@H](O[Si](CC)(CC)CC)C(C)(C)C(=O)[C@@H]1C. The summed E-state index contributed by atoms with van der Waals surface area (Å²) in [6.07, 6.45) is 0.802. The minimum absolute atomic E-state index is 0.0264. The Labute approximate surface area is 687 Å². The number of carbonyl (C=O) groups is 5. The molecule has 4 heterocycles. The summed E-state index contributed by atoms with van der Waals surface area (Å²) in [6, 6.07) is 14.0. The van der Waals surface area contributed by atoms with Crippen molar-refractivity contribution in [3.05, 3.63) is 104 Å². The van der Waals surface area contributed by atoms with Crippen molar-refractivity contribution in [1.82, 2.24) is 9.97 Å². The third-order valence-corrected chi connectivity index (χ3v) is 45.6. The Kier molecular flexibility index (Phi) is 41.1. The molecule has 2 fully saturated rings. The number of aliphatic hydroxyl groups excluding tert-OH is 1. The molecule has 0 amide bonds. The maximum absolute atomic E-state index is 15.2. The molecule has 0 spiro atoms. The number of non-ortho nitro benzene ring substituents is 1. The minimum atomic E-state index is -2.39. The second-order valence-electron chi connectivity index (χ2n) is 33.0. The van der Waals surface area contributed by atoms with Gasteiger partial charge in [-0.25, -0.2) is 14.8 Å². The molecule has 2 unspecified atom stereocenters. The maximum Gasteiger partial charge on any atom is 0.338 e. The number of thiazole rings is 2. The fourth-order valence-electron chi connectivity index (χ4n) is 16.4. The van der Waals surface area contributed by atoms with Crippen LogP contribution in [0.4, 0.5) is 5.69 Å². The van der Waals surface area contributed by atoms with Crippen LogP contribution < -0.4 is 0 Å². The lowest BCUT2D eigenvalue weighted by atomic mass is 9.73. The molecule has 14 atom stereocenters. The molecule has 0 bridgehead atoms. The first-order chi connectivity index (χ1) is 53.3. The predicted octanol–water partition coefficient (Wildman–Crippen LogP) is 22.6. The van der Waals surface area contributed by atoms with Gasteiger partial charge in [0.05, 0.1) is 87.3 Å². The van der Waals surface area contributed by atoms with Crippen molar-refractivity contribution in [2.75, 3.05) is 0 Å². The normalized spacial score (nSPS) is 26.2. The first-order valence-corrected chi connectivity index (χ1v) is 53.8. The molecule has 1 aromatic carbocycles. The fraction of sp³-hybridized carbons (Fsp3) is 0.747. The third kappa shape index (κ3) is 27.8. The van der Waals surface area contributed by atoms with Gasteiger partial charge in [0.25, 0.3) is 5.69 Å². The van der Waals surface area contributed by atoms with Gasteiger partial charge in [-0.3, -0.25) is 29.3 Å². The summed E-state index contributed by atoms with van der Waals surface area (Å²) in [7, 11) is -9.05. The molecule has 634 valence electrons. The first kappa shape index (κ1) is 99.8. The Bertz CT molecular complexity index is 3660. The van der Waals surface area contributed by atoms with Crippen LogP contribution in [0.25, 0.3) is 33.0 Å². The molecule has 24 nitrogen and oxygen atoms in total. The lowest BCUT2D eigenvalue weighted by Crippen LogP contribution is -2.53. The van der Waals surface area contributed by atoms with E-state index in [1.54, 1.807) is 0 Å². The molecule has 1 N–H and O–H groups in total. The standard InChI is InChI=1S/C45H71N5O9SSi2.C38H68N4O6SSi2/c1-13-61(14-2,15-3)58-40-28-41(51)56-39(31(8)26-35-29-60-33(10)47-35)27-37(48-49-46)38(57-44(53)34-22-24-36(25-23-34)50(54)55)21-19-20-30(7)42(32(9)43(52)45(40,11)12)59-62(16-4,17-5)18-6;1-13-50(14-2,15-3)47-34-24-35(44)46-33(27(8)22-30-25-49-29(10)40-30)23-31(41-42-39)32(43)21-19-20-26(7)36(28(9)37(45)38(34,11)12)48-51(16-4,17-5)18-6/h22-26,29-30,32,37-40,42H,13-21,27-28H2,1-12H3;22,25-26,28,31-34,36,43H,13-21,23-24H2,1-12H3/b31-26+;27-22+/t30-,32+,37-,38-,39?,40+,42+;26-,28+,31-,32+,33?,34-,36+/m00/s1. The number of aromatic nitrogens is 2. The van der Waals surface area contributed by atoms with Crippen molar-refractivity contribution in [2.24, 2.45) is 44.7 Å². The van der Waals surface area contributed by atoms with E-state index in [9.17, 15) is 45.5 Å². The van der Waals surface area contributed by atoms with Gasteiger partial charge in [0, 0.05) is 61.8 Å². The van der Waals surface area contributed by atoms with E-state index < -0.39 is 134 Å². The summed E-state index contributed by atoms with van der Waals surface area (Å²) in [4.78, 5) is 98.6. The molecular formula is C83H139N9O15S2Si4. The van der Waals surface area contributed by atoms with E-state index in [-0.39, 0.29) is 72.9 Å². The molecule has 5 rings (SSSR count). The number of nitro groups is 1. The van der Waals surface area contributed by atoms with Gasteiger partial charge in [-0.1, -0.05) is 155 Å². The molecule has 30 heteroatoms. The monoisotopic (exact) mass is 1680 g/mol. The van der Waals surface area contributed by atoms with Crippen molar-refractivity contribution < 1.29 is 65.9 Å². The fourth-order valence-corrected chi connectivity index (χ4v) is 29.5. The minimum Gasteiger partial charge on any atom is -0.458 e. The lowest BCUT2D eigenvalue weighted by molar-refractivity contribution is -0.384. The van der Waals surface area contributed by atoms with Crippen LogP contribution in [-0.4, -0.2) is 144 Å². The van der Waals surface area contributed by atoms with Crippen LogP contribution in [0.3, 0.4) is 0 Å². The largest absolute Gasteiger partial charge is 0.458 e. The molecule has 113 heavy (non-hydrogen) atoms. The summed E-state index contributed by atoms with van der Waals surface area (Å²) in [5.74, 6) is -2.86. The van der Waals surface area contributed by atoms with Crippen molar-refractivity contribution >= 4 is 103 Å². The van der Waals surface area contributed by atoms with Gasteiger partial charge in [0.1, 0.15) is 29.9 Å². The number of carbonyl (C=O) groups excluding carboxylic acids is 5. The van der Waals surface area contributed by atoms with Crippen LogP contribution in [0, 0.1) is 58.5 Å². The van der Waals surface area contributed by atoms with Crippen LogP contribution in [0.1, 0.15) is 248 Å². The molecular weight excluding hydrogens is 1540 g/mol. The number of esters is 3. The van der Waals surface area contributed by atoms with E-state index in [0.717, 1.165) is 100 Å². The van der Waals surface area contributed by atoms with E-state index in [1.807, 2.05) is 92.1 Å². The molecule has 2 aliphatic heterocycles. The number of hydrogen-bond acceptors (Lipinski definition) is 21. The van der Waals surface area contributed by atoms with Gasteiger partial charge in [-0.05, 0) is 197 Å². The van der Waals surface area contributed by atoms with Crippen LogP contribution in [0.15, 0.2) is 56.4 Å². The number of aryl methyl sites for hydroxylation is 2. The van der Waals surface area contributed by atoms with Crippen molar-refractivity contribution in [2.45, 2.75) is 364 Å². The number of rotatable bonds is 29. The van der Waals surface area contributed by atoms with Gasteiger partial charge >= 0.3 is 17.9 Å². The van der Waals surface area contributed by atoms with Crippen LogP contribution in [0.2, 0.25) is 72.5 Å². The predicted molar refractivity (Wildman–Crippen MR) is 464 cm³/mol. The Balaban J connectivity index is 0.000000486. The first-order valence-electron chi connectivity index (χ1n) is 41.9. The number of nitro benzene ring substituents is 1. The van der Waals surface area contributed by atoms with Gasteiger partial charge < -0.3 is 37.0 Å². The van der Waals surface area contributed by atoms with Crippen LogP contribution in [-0.2, 0) is 51.1 Å². The number of hydrogen-bond donors (Lipinski definition) is 1. The Morgan fingerprint density at radius 2 is 0.929 bits per heavy atom. The highest BCUT2D eigenvalue weighted by Gasteiger charge is 2.51. The summed E-state index contributed by atoms with van der Waals surface area (Å²) in [5.41, 5.74) is 20.1. The quantitative estimate of drug-likeness (QED) is 0.00986. The number of nitrogens with zero attached hydrogens (tertiary/aromatic N) is 9. The molecule has 3 aromatic rings. The van der Waals surface area contributed by atoms with Crippen LogP contribution >= 0.6 is 22.7 Å². The summed E-state index contributed by atoms with van der Waals surface area (Å²) in [5, 5.41) is 36.5. The number of ketones is 2. The smallest absolute Gasteiger partial charge is 0.338 e. The van der Waals surface area contributed by atoms with Gasteiger partial charge in [-0.2, -0.15) is 0 Å². The van der Waals surface area contributed by atoms with E-state index in [1.165, 1.54) is 46.9 Å². The van der Waals surface area contributed by atoms with E-state index in [0.29, 0.717) is 37.0 Å². The molecule has 2 aliphatic rings. The average molecular weight is 1680 g/mol. The van der Waals surface area contributed by atoms with E-state index in [2.05, 4.69) is 127 Å². The zero-order chi connectivity index (χ0) is 85.0. The number of Topliss-reactive ketones (excluding diaryl/α,β-unsaturated/α-hetero) is 2. The van der Waals surface area contributed by atoms with Gasteiger partial charge in [0.15, 0.2) is 33.3 Å². The number of ether oxygens (including phenoxy) is 3. The van der Waals surface area contributed by atoms with Crippen molar-refractivity contribution in [3.8, 4) is 0 Å². The lowest BCUT2D eigenvalue weighted by Gasteiger charge is -2.44. The Hall–Kier alpha value is -5.60. The highest BCUT2D eigenvalue weighted by Crippen LogP contribution is 2.44. The second kappa shape index (κ2) is 46.5. The number of cyclic esters (lactones) is 2. The van der Waals surface area contributed by atoms with Crippen molar-refractivity contribution in [1.29, 1.82) is 0 Å². The maximum atomic E-state index is 15.2. The molecule has 0 aliphatic carbocycles. The molecule has 0 saturated carbocycles. The van der Waals surface area contributed by atoms with Gasteiger partial charge in [-0.15, -0.1) is 22.7 Å². The van der Waals surface area contributed by atoms with Crippen LogP contribution in [0.5, 0.6) is 0 Å². The Morgan fingerprint density at radius 3 is 1.27 bits per heavy atom. The number of azide groups is 2. The molecule has 0 radical (unpaired) electrons. The van der Waals surface area contributed by atoms with Crippen molar-refractivity contribution in [3.63, 3.8) is 0 Å². The zero-order valence-corrected chi connectivity index (χ0v) is 78.4. The number of aliphatic hydroxyl groups is 1. The third-order valence-electron chi connectivity index (χ3n) is 25.5. The summed E-state index contributed by atoms with van der Waals surface area (Å²) >= 11 is 3.01. The second-order valence-corrected chi connectivity index (χ2v) is 54.0. The topological polar surface area (TPSA) is 337 Å². The highest BCUT2D eigenvalue weighted by molar-refractivity contribution is 7.10.